The second kappa shape index (κ2) is 7.67. The number of carbonyl (C=O) groups is 1. The van der Waals surface area contributed by atoms with Gasteiger partial charge in [-0.25, -0.2) is 9.20 Å². The zero-order valence-corrected chi connectivity index (χ0v) is 16.1. The standard InChI is InChI=1S/C21H19N5O3/c1-3-29-20(28)18-24-26(16-7-5-4-6-8-16)21-23-22-17(19(27)25(18)21)13-15-11-9-14(2)10-12-15/h4-12H,3,13H2,1-2H3. The van der Waals surface area contributed by atoms with Crippen LogP contribution in [0.25, 0.3) is 11.5 Å². The molecular weight excluding hydrogens is 370 g/mol. The van der Waals surface area contributed by atoms with Gasteiger partial charge in [0, 0.05) is 6.42 Å². The van der Waals surface area contributed by atoms with Gasteiger partial charge >= 0.3 is 5.97 Å². The summed E-state index contributed by atoms with van der Waals surface area (Å²) in [5.74, 6) is -0.670. The summed E-state index contributed by atoms with van der Waals surface area (Å²) in [6.07, 6.45) is 0.299. The number of rotatable bonds is 5. The summed E-state index contributed by atoms with van der Waals surface area (Å²) in [6, 6.07) is 16.9. The van der Waals surface area contributed by atoms with Gasteiger partial charge < -0.3 is 4.74 Å². The molecule has 8 heteroatoms. The molecule has 2 heterocycles. The fraction of sp³-hybridized carbons (Fsp3) is 0.190. The largest absolute Gasteiger partial charge is 0.460 e. The predicted molar refractivity (Wildman–Crippen MR) is 106 cm³/mol. The van der Waals surface area contributed by atoms with E-state index in [4.69, 9.17) is 4.74 Å². The lowest BCUT2D eigenvalue weighted by atomic mass is 10.1. The molecule has 0 amide bonds. The van der Waals surface area contributed by atoms with Crippen molar-refractivity contribution in [3.63, 3.8) is 0 Å². The summed E-state index contributed by atoms with van der Waals surface area (Å²) in [5, 5.41) is 12.6. The fourth-order valence-corrected chi connectivity index (χ4v) is 3.01. The van der Waals surface area contributed by atoms with Crippen LogP contribution in [-0.2, 0) is 11.2 Å². The third-order valence-electron chi connectivity index (χ3n) is 4.46. The smallest absolute Gasteiger partial charge is 0.376 e. The number of esters is 1. The van der Waals surface area contributed by atoms with Crippen molar-refractivity contribution in [2.75, 3.05) is 6.61 Å². The van der Waals surface area contributed by atoms with Gasteiger partial charge in [-0.1, -0.05) is 48.0 Å². The Bertz CT molecular complexity index is 1230. The van der Waals surface area contributed by atoms with Gasteiger partial charge in [-0.15, -0.1) is 15.3 Å². The summed E-state index contributed by atoms with van der Waals surface area (Å²) >= 11 is 0. The van der Waals surface area contributed by atoms with Crippen molar-refractivity contribution in [2.45, 2.75) is 20.3 Å². The highest BCUT2D eigenvalue weighted by molar-refractivity contribution is 5.86. The van der Waals surface area contributed by atoms with Crippen LogP contribution in [0.1, 0.15) is 34.4 Å². The Hall–Kier alpha value is -3.81. The van der Waals surface area contributed by atoms with Gasteiger partial charge in [-0.05, 0) is 31.5 Å². The quantitative estimate of drug-likeness (QED) is 0.487. The number of aromatic nitrogens is 5. The highest BCUT2D eigenvalue weighted by Gasteiger charge is 2.23. The Labute approximate surface area is 166 Å². The number of nitrogens with zero attached hydrogens (tertiary/aromatic N) is 5. The van der Waals surface area contributed by atoms with Crippen LogP contribution in [0.4, 0.5) is 0 Å². The lowest BCUT2D eigenvalue weighted by molar-refractivity contribution is 0.0509. The molecule has 0 unspecified atom stereocenters. The number of hydrogen-bond donors (Lipinski definition) is 0. The minimum atomic E-state index is -0.691. The Morgan fingerprint density at radius 2 is 1.76 bits per heavy atom. The molecule has 2 aromatic carbocycles. The first kappa shape index (κ1) is 18.5. The van der Waals surface area contributed by atoms with Crippen LogP contribution in [0.2, 0.25) is 0 Å². The lowest BCUT2D eigenvalue weighted by Crippen LogP contribution is -2.25. The maximum atomic E-state index is 13.2. The maximum Gasteiger partial charge on any atom is 0.376 e. The zero-order valence-electron chi connectivity index (χ0n) is 16.1. The van der Waals surface area contributed by atoms with Crippen molar-refractivity contribution in [3.8, 4) is 5.69 Å². The minimum absolute atomic E-state index is 0.129. The molecule has 0 bridgehead atoms. The normalized spacial score (nSPS) is 11.0. The van der Waals surface area contributed by atoms with E-state index in [2.05, 4.69) is 15.3 Å². The van der Waals surface area contributed by atoms with E-state index in [9.17, 15) is 9.59 Å². The zero-order chi connectivity index (χ0) is 20.4. The van der Waals surface area contributed by atoms with Crippen molar-refractivity contribution in [2.24, 2.45) is 0 Å². The molecule has 146 valence electrons. The van der Waals surface area contributed by atoms with E-state index >= 15 is 0 Å². The average molecular weight is 389 g/mol. The van der Waals surface area contributed by atoms with Crippen LogP contribution in [0.3, 0.4) is 0 Å². The third kappa shape index (κ3) is 3.52. The number of para-hydroxylation sites is 1. The van der Waals surface area contributed by atoms with E-state index in [0.29, 0.717) is 12.1 Å². The molecule has 0 aliphatic carbocycles. The van der Waals surface area contributed by atoms with Crippen molar-refractivity contribution in [1.29, 1.82) is 0 Å². The van der Waals surface area contributed by atoms with E-state index in [1.165, 1.54) is 9.08 Å². The van der Waals surface area contributed by atoms with Crippen LogP contribution >= 0.6 is 0 Å². The monoisotopic (exact) mass is 389 g/mol. The molecule has 0 N–H and O–H groups in total. The first-order valence-corrected chi connectivity index (χ1v) is 9.24. The Balaban J connectivity index is 1.89. The summed E-state index contributed by atoms with van der Waals surface area (Å²) in [6.45, 7) is 3.86. The number of benzene rings is 2. The Kier molecular flexibility index (Phi) is 4.90. The van der Waals surface area contributed by atoms with Gasteiger partial charge in [0.1, 0.15) is 5.69 Å². The second-order valence-electron chi connectivity index (χ2n) is 6.54. The number of aryl methyl sites for hydroxylation is 1. The van der Waals surface area contributed by atoms with E-state index in [0.717, 1.165) is 11.1 Å². The molecule has 0 fully saturated rings. The first-order chi connectivity index (χ1) is 14.1. The predicted octanol–water partition coefficient (Wildman–Crippen LogP) is 2.35. The number of fused-ring (bicyclic) bond motifs is 1. The fourth-order valence-electron chi connectivity index (χ4n) is 3.01. The molecule has 29 heavy (non-hydrogen) atoms. The average Bonchev–Trinajstić information content (AvgIpc) is 3.13. The van der Waals surface area contributed by atoms with E-state index in [1.807, 2.05) is 49.4 Å². The summed E-state index contributed by atoms with van der Waals surface area (Å²) in [7, 11) is 0. The van der Waals surface area contributed by atoms with Gasteiger partial charge in [-0.2, -0.15) is 4.68 Å². The first-order valence-electron chi connectivity index (χ1n) is 9.24. The van der Waals surface area contributed by atoms with E-state index in [-0.39, 0.29) is 23.9 Å². The number of carbonyl (C=O) groups excluding carboxylic acids is 1. The lowest BCUT2D eigenvalue weighted by Gasteiger charge is -2.04. The third-order valence-corrected chi connectivity index (χ3v) is 4.46. The van der Waals surface area contributed by atoms with Gasteiger partial charge in [0.25, 0.3) is 11.3 Å². The maximum absolute atomic E-state index is 13.2. The molecular formula is C21H19N5O3. The van der Waals surface area contributed by atoms with Crippen molar-refractivity contribution < 1.29 is 9.53 Å². The van der Waals surface area contributed by atoms with Gasteiger partial charge in [0.05, 0.1) is 12.3 Å². The molecule has 0 aliphatic heterocycles. The SMILES string of the molecule is CCOC(=O)c1nn(-c2ccccc2)c2nnc(Cc3ccc(C)cc3)c(=O)n12. The summed E-state index contributed by atoms with van der Waals surface area (Å²) < 4.78 is 7.67. The van der Waals surface area contributed by atoms with Crippen molar-refractivity contribution in [3.05, 3.63) is 87.6 Å². The van der Waals surface area contributed by atoms with Gasteiger partial charge in [0.15, 0.2) is 0 Å². The Morgan fingerprint density at radius 3 is 2.45 bits per heavy atom. The van der Waals surface area contributed by atoms with Crippen LogP contribution in [0.5, 0.6) is 0 Å². The summed E-state index contributed by atoms with van der Waals surface area (Å²) in [4.78, 5) is 25.6. The molecule has 0 aliphatic rings. The molecule has 0 saturated heterocycles. The Morgan fingerprint density at radius 1 is 1.03 bits per heavy atom. The van der Waals surface area contributed by atoms with Crippen LogP contribution in [0, 0.1) is 6.92 Å². The van der Waals surface area contributed by atoms with Gasteiger partial charge in [-0.3, -0.25) is 4.79 Å². The molecule has 4 rings (SSSR count). The topological polar surface area (TPSA) is 91.4 Å². The summed E-state index contributed by atoms with van der Waals surface area (Å²) in [5.41, 5.74) is 2.49. The van der Waals surface area contributed by atoms with E-state index < -0.39 is 11.5 Å². The second-order valence-corrected chi connectivity index (χ2v) is 6.54. The van der Waals surface area contributed by atoms with Crippen molar-refractivity contribution >= 4 is 11.7 Å². The molecule has 4 aromatic rings. The van der Waals surface area contributed by atoms with Crippen LogP contribution < -0.4 is 5.56 Å². The molecule has 2 aromatic heterocycles. The van der Waals surface area contributed by atoms with E-state index in [1.54, 1.807) is 19.1 Å². The van der Waals surface area contributed by atoms with Crippen molar-refractivity contribution in [1.82, 2.24) is 24.4 Å². The molecule has 0 saturated carbocycles. The number of ether oxygens (including phenoxy) is 1. The van der Waals surface area contributed by atoms with Gasteiger partial charge in [0.2, 0.25) is 5.82 Å². The number of hydrogen-bond acceptors (Lipinski definition) is 6. The highest BCUT2D eigenvalue weighted by Crippen LogP contribution is 2.13. The molecule has 0 spiro atoms. The molecule has 0 radical (unpaired) electrons. The molecule has 8 nitrogen and oxygen atoms in total. The highest BCUT2D eigenvalue weighted by atomic mass is 16.5. The minimum Gasteiger partial charge on any atom is -0.460 e. The van der Waals surface area contributed by atoms with Crippen LogP contribution in [0.15, 0.2) is 59.4 Å². The van der Waals surface area contributed by atoms with Crippen LogP contribution in [-0.4, -0.2) is 37.0 Å². The molecule has 0 atom stereocenters.